The summed E-state index contributed by atoms with van der Waals surface area (Å²) in [5, 5.41) is 19.6. The van der Waals surface area contributed by atoms with E-state index in [9.17, 15) is 15.0 Å². The normalized spacial score (nSPS) is 26.7. The first-order valence-electron chi connectivity index (χ1n) is 7.92. The molecule has 1 aliphatic rings. The van der Waals surface area contributed by atoms with Crippen LogP contribution in [0.25, 0.3) is 0 Å². The molecule has 0 aromatic heterocycles. The van der Waals surface area contributed by atoms with Crippen molar-refractivity contribution >= 4 is 5.97 Å². The molecule has 0 unspecified atom stereocenters. The first-order chi connectivity index (χ1) is 10.0. The molecule has 5 nitrogen and oxygen atoms in total. The Balaban J connectivity index is 2.26. The van der Waals surface area contributed by atoms with Crippen LogP contribution in [-0.2, 0) is 14.3 Å². The largest absolute Gasteiger partial charge is 0.462 e. The van der Waals surface area contributed by atoms with E-state index in [0.29, 0.717) is 13.0 Å². The summed E-state index contributed by atoms with van der Waals surface area (Å²) in [6, 6.07) is 0. The Morgan fingerprint density at radius 2 is 2.09 bits per heavy atom. The van der Waals surface area contributed by atoms with Crippen molar-refractivity contribution in [3.05, 3.63) is 11.6 Å². The van der Waals surface area contributed by atoms with Crippen LogP contribution in [0.1, 0.15) is 60.3 Å². The lowest BCUT2D eigenvalue weighted by atomic mass is 9.91. The van der Waals surface area contributed by atoms with E-state index in [4.69, 9.17) is 9.47 Å². The summed E-state index contributed by atoms with van der Waals surface area (Å²) >= 11 is 0. The van der Waals surface area contributed by atoms with Gasteiger partial charge in [0.05, 0.1) is 23.4 Å². The van der Waals surface area contributed by atoms with Crippen molar-refractivity contribution in [1.82, 2.24) is 0 Å². The molecule has 2 N–H and O–H groups in total. The molecule has 0 aliphatic carbocycles. The minimum atomic E-state index is -1.07. The maximum atomic E-state index is 10.7. The number of rotatable bonds is 9. The third-order valence-corrected chi connectivity index (χ3v) is 4.28. The van der Waals surface area contributed by atoms with Crippen LogP contribution in [0.4, 0.5) is 0 Å². The Hall–Kier alpha value is -0.910. The third kappa shape index (κ3) is 6.46. The number of aliphatic hydroxyl groups excluding tert-OH is 1. The van der Waals surface area contributed by atoms with Gasteiger partial charge in [0.15, 0.2) is 0 Å². The van der Waals surface area contributed by atoms with Crippen LogP contribution in [0.2, 0.25) is 0 Å². The molecule has 1 fully saturated rings. The maximum absolute atomic E-state index is 10.7. The van der Waals surface area contributed by atoms with Crippen molar-refractivity contribution in [2.75, 3.05) is 6.61 Å². The zero-order valence-corrected chi connectivity index (χ0v) is 14.4. The number of aliphatic hydroxyl groups is 2. The Bertz CT molecular complexity index is 410. The van der Waals surface area contributed by atoms with Gasteiger partial charge in [-0.15, -0.1) is 0 Å². The van der Waals surface area contributed by atoms with Gasteiger partial charge in [-0.3, -0.25) is 4.79 Å². The standard InChI is InChI=1S/C17H30O5/c1-12(9-11-21-13(2)18)6-7-15-17(5,22-15)10-8-14(19)16(3,4)20/h9,14-15,19-20H,6-8,10-11H2,1-5H3/b12-9+/t14-,15-,17-/m1/s1. The van der Waals surface area contributed by atoms with E-state index < -0.39 is 11.7 Å². The summed E-state index contributed by atoms with van der Waals surface area (Å²) < 4.78 is 10.6. The molecule has 1 aliphatic heterocycles. The fourth-order valence-electron chi connectivity index (χ4n) is 2.41. The van der Waals surface area contributed by atoms with Gasteiger partial charge in [0.2, 0.25) is 0 Å². The second kappa shape index (κ2) is 7.57. The second-order valence-electron chi connectivity index (χ2n) is 7.02. The van der Waals surface area contributed by atoms with Crippen LogP contribution >= 0.6 is 0 Å². The van der Waals surface area contributed by atoms with E-state index in [1.54, 1.807) is 13.8 Å². The lowest BCUT2D eigenvalue weighted by molar-refractivity contribution is -0.139. The molecule has 1 rings (SSSR count). The molecule has 0 saturated carbocycles. The van der Waals surface area contributed by atoms with Crippen molar-refractivity contribution in [1.29, 1.82) is 0 Å². The van der Waals surface area contributed by atoms with Gasteiger partial charge >= 0.3 is 5.97 Å². The Labute approximate surface area is 133 Å². The van der Waals surface area contributed by atoms with Crippen LogP contribution in [0.3, 0.4) is 0 Å². The van der Waals surface area contributed by atoms with Gasteiger partial charge in [-0.2, -0.15) is 0 Å². The molecule has 0 spiro atoms. The molecular formula is C17H30O5. The molecule has 0 aromatic rings. The Morgan fingerprint density at radius 1 is 1.45 bits per heavy atom. The van der Waals surface area contributed by atoms with Gasteiger partial charge in [-0.1, -0.05) is 5.57 Å². The zero-order chi connectivity index (χ0) is 17.0. The van der Waals surface area contributed by atoms with Gasteiger partial charge in [0.1, 0.15) is 6.61 Å². The predicted octanol–water partition coefficient (Wildman–Crippen LogP) is 2.35. The van der Waals surface area contributed by atoms with Crippen LogP contribution in [-0.4, -0.2) is 46.2 Å². The first kappa shape index (κ1) is 19.1. The quantitative estimate of drug-likeness (QED) is 0.388. The van der Waals surface area contributed by atoms with E-state index in [1.165, 1.54) is 12.5 Å². The molecule has 5 heteroatoms. The summed E-state index contributed by atoms with van der Waals surface area (Å²) in [4.78, 5) is 10.7. The molecular weight excluding hydrogens is 284 g/mol. The molecule has 0 bridgehead atoms. The fourth-order valence-corrected chi connectivity index (χ4v) is 2.41. The molecule has 3 atom stereocenters. The zero-order valence-electron chi connectivity index (χ0n) is 14.4. The smallest absolute Gasteiger partial charge is 0.302 e. The van der Waals surface area contributed by atoms with Gasteiger partial charge < -0.3 is 19.7 Å². The number of esters is 1. The van der Waals surface area contributed by atoms with E-state index in [-0.39, 0.29) is 17.7 Å². The number of epoxide rings is 1. The second-order valence-corrected chi connectivity index (χ2v) is 7.02. The topological polar surface area (TPSA) is 79.3 Å². The van der Waals surface area contributed by atoms with Crippen molar-refractivity contribution < 1.29 is 24.5 Å². The number of hydrogen-bond donors (Lipinski definition) is 2. The summed E-state index contributed by atoms with van der Waals surface area (Å²) in [5.41, 5.74) is -0.0882. The summed E-state index contributed by atoms with van der Waals surface area (Å²) in [6.07, 6.45) is 4.45. The molecule has 0 aromatic carbocycles. The Kier molecular flexibility index (Phi) is 6.59. The lowest BCUT2D eigenvalue weighted by Gasteiger charge is -2.25. The number of allylic oxidation sites excluding steroid dienone is 1. The highest BCUT2D eigenvalue weighted by molar-refractivity contribution is 5.66. The number of carbonyl (C=O) groups excluding carboxylic acids is 1. The SMILES string of the molecule is CC(=O)OC/C=C(\C)CC[C@H]1O[C@]1(C)CC[C@@H](O)C(C)(C)O. The summed E-state index contributed by atoms with van der Waals surface area (Å²) in [6.45, 7) is 9.01. The number of carbonyl (C=O) groups is 1. The first-order valence-corrected chi connectivity index (χ1v) is 7.92. The van der Waals surface area contributed by atoms with Crippen molar-refractivity contribution in [3.8, 4) is 0 Å². The van der Waals surface area contributed by atoms with Gasteiger partial charge in [-0.25, -0.2) is 0 Å². The van der Waals surface area contributed by atoms with Crippen molar-refractivity contribution in [2.24, 2.45) is 0 Å². The summed E-state index contributed by atoms with van der Waals surface area (Å²) in [7, 11) is 0. The van der Waals surface area contributed by atoms with Crippen LogP contribution in [0.5, 0.6) is 0 Å². The van der Waals surface area contributed by atoms with Crippen molar-refractivity contribution in [3.63, 3.8) is 0 Å². The molecule has 0 radical (unpaired) electrons. The van der Waals surface area contributed by atoms with E-state index >= 15 is 0 Å². The van der Waals surface area contributed by atoms with E-state index in [0.717, 1.165) is 19.3 Å². The molecule has 128 valence electrons. The predicted molar refractivity (Wildman–Crippen MR) is 84.4 cm³/mol. The minimum Gasteiger partial charge on any atom is -0.462 e. The molecule has 22 heavy (non-hydrogen) atoms. The average Bonchev–Trinajstić information content (AvgIpc) is 3.03. The highest BCUT2D eigenvalue weighted by atomic mass is 16.6. The van der Waals surface area contributed by atoms with Crippen LogP contribution < -0.4 is 0 Å². The number of hydrogen-bond acceptors (Lipinski definition) is 5. The fraction of sp³-hybridized carbons (Fsp3) is 0.824. The highest BCUT2D eigenvalue weighted by Gasteiger charge is 2.51. The monoisotopic (exact) mass is 314 g/mol. The Morgan fingerprint density at radius 3 is 2.64 bits per heavy atom. The van der Waals surface area contributed by atoms with Crippen LogP contribution in [0, 0.1) is 0 Å². The molecule has 1 saturated heterocycles. The molecule has 0 amide bonds. The van der Waals surface area contributed by atoms with E-state index in [2.05, 4.69) is 0 Å². The van der Waals surface area contributed by atoms with Gasteiger partial charge in [-0.05, 0) is 59.5 Å². The van der Waals surface area contributed by atoms with Gasteiger partial charge in [0.25, 0.3) is 0 Å². The van der Waals surface area contributed by atoms with E-state index in [1.807, 2.05) is 19.9 Å². The van der Waals surface area contributed by atoms with Gasteiger partial charge in [0, 0.05) is 6.92 Å². The van der Waals surface area contributed by atoms with Crippen LogP contribution in [0.15, 0.2) is 11.6 Å². The maximum Gasteiger partial charge on any atom is 0.302 e. The highest BCUT2D eigenvalue weighted by Crippen LogP contribution is 2.44. The average molecular weight is 314 g/mol. The molecule has 1 heterocycles. The number of ether oxygens (including phenoxy) is 2. The third-order valence-electron chi connectivity index (χ3n) is 4.28. The summed E-state index contributed by atoms with van der Waals surface area (Å²) in [5.74, 6) is -0.271. The lowest BCUT2D eigenvalue weighted by Crippen LogP contribution is -2.36. The minimum absolute atomic E-state index is 0.192. The van der Waals surface area contributed by atoms with Crippen molar-refractivity contribution in [2.45, 2.75) is 83.7 Å².